The Labute approximate surface area is 85.8 Å². The van der Waals surface area contributed by atoms with Crippen molar-refractivity contribution in [2.75, 3.05) is 13.1 Å². The number of rotatable bonds is 2. The van der Waals surface area contributed by atoms with Crippen molar-refractivity contribution in [2.24, 2.45) is 22.7 Å². The number of nitrogens with two attached hydrogens (primary N) is 1. The zero-order chi connectivity index (χ0) is 10.7. The average molecular weight is 199 g/mol. The summed E-state index contributed by atoms with van der Waals surface area (Å²) in [5.41, 5.74) is 5.59. The molecular formula is C10H21N3O. The molecule has 1 fully saturated rings. The number of nitrogens with zero attached hydrogens (tertiary/aromatic N) is 2. The van der Waals surface area contributed by atoms with E-state index < -0.39 is 0 Å². The number of hydrogen-bond acceptors (Lipinski definition) is 3. The number of likely N-dealkylation sites (tertiary alicyclic amines) is 1. The summed E-state index contributed by atoms with van der Waals surface area (Å²) in [6.45, 7) is 8.62. The summed E-state index contributed by atoms with van der Waals surface area (Å²) in [5.74, 6) is 1.79. The smallest absolute Gasteiger partial charge is 0.156 e. The molecule has 1 aliphatic heterocycles. The molecule has 4 heteroatoms. The van der Waals surface area contributed by atoms with E-state index in [0.717, 1.165) is 19.0 Å². The Balaban J connectivity index is 2.54. The van der Waals surface area contributed by atoms with E-state index in [1.807, 2.05) is 6.92 Å². The molecule has 14 heavy (non-hydrogen) atoms. The minimum absolute atomic E-state index is 0.0509. The van der Waals surface area contributed by atoms with Crippen LogP contribution in [0.3, 0.4) is 0 Å². The van der Waals surface area contributed by atoms with Crippen molar-refractivity contribution in [3.05, 3.63) is 0 Å². The van der Waals surface area contributed by atoms with E-state index in [1.165, 1.54) is 6.42 Å². The van der Waals surface area contributed by atoms with Crippen LogP contribution >= 0.6 is 0 Å². The van der Waals surface area contributed by atoms with Crippen LogP contribution in [-0.4, -0.2) is 35.1 Å². The Morgan fingerprint density at radius 2 is 2.14 bits per heavy atom. The van der Waals surface area contributed by atoms with E-state index >= 15 is 0 Å². The lowest BCUT2D eigenvalue weighted by Gasteiger charge is -2.38. The number of hydrogen-bond donors (Lipinski definition) is 2. The lowest BCUT2D eigenvalue weighted by molar-refractivity contribution is 0.124. The predicted molar refractivity (Wildman–Crippen MR) is 57.4 cm³/mol. The predicted octanol–water partition coefficient (Wildman–Crippen LogP) is 1.10. The van der Waals surface area contributed by atoms with Gasteiger partial charge >= 0.3 is 0 Å². The quantitative estimate of drug-likeness (QED) is 0.303. The van der Waals surface area contributed by atoms with Gasteiger partial charge in [-0.2, -0.15) is 0 Å². The third kappa shape index (κ3) is 2.38. The topological polar surface area (TPSA) is 61.8 Å². The highest BCUT2D eigenvalue weighted by Crippen LogP contribution is 2.23. The van der Waals surface area contributed by atoms with Gasteiger partial charge < -0.3 is 10.9 Å². The van der Waals surface area contributed by atoms with Crippen LogP contribution in [0.5, 0.6) is 0 Å². The monoisotopic (exact) mass is 199 g/mol. The van der Waals surface area contributed by atoms with Crippen LogP contribution in [0, 0.1) is 11.8 Å². The van der Waals surface area contributed by atoms with Gasteiger partial charge in [0.2, 0.25) is 0 Å². The van der Waals surface area contributed by atoms with Crippen molar-refractivity contribution in [3.63, 3.8) is 0 Å². The van der Waals surface area contributed by atoms with Crippen molar-refractivity contribution < 1.29 is 5.21 Å². The molecule has 0 aromatic carbocycles. The minimum atomic E-state index is 0.0509. The van der Waals surface area contributed by atoms with Gasteiger partial charge in [-0.25, -0.2) is 0 Å². The SMILES string of the molecule is CC1CCN(C(C)/C(N)=N/O)CC1C. The Kier molecular flexibility index (Phi) is 3.75. The van der Waals surface area contributed by atoms with Crippen molar-refractivity contribution >= 4 is 5.84 Å². The van der Waals surface area contributed by atoms with Gasteiger partial charge in [-0.3, -0.25) is 4.90 Å². The largest absolute Gasteiger partial charge is 0.409 e. The van der Waals surface area contributed by atoms with Gasteiger partial charge in [0.05, 0.1) is 6.04 Å². The fourth-order valence-corrected chi connectivity index (χ4v) is 1.92. The van der Waals surface area contributed by atoms with E-state index in [1.54, 1.807) is 0 Å². The Morgan fingerprint density at radius 3 is 2.64 bits per heavy atom. The molecule has 1 saturated heterocycles. The minimum Gasteiger partial charge on any atom is -0.409 e. The van der Waals surface area contributed by atoms with Gasteiger partial charge in [0, 0.05) is 6.54 Å². The fraction of sp³-hybridized carbons (Fsp3) is 0.900. The van der Waals surface area contributed by atoms with E-state index in [0.29, 0.717) is 11.8 Å². The first kappa shape index (κ1) is 11.3. The highest BCUT2D eigenvalue weighted by atomic mass is 16.4. The molecule has 3 atom stereocenters. The van der Waals surface area contributed by atoms with E-state index in [2.05, 4.69) is 23.9 Å². The molecule has 1 aliphatic rings. The van der Waals surface area contributed by atoms with E-state index in [4.69, 9.17) is 10.9 Å². The summed E-state index contributed by atoms with van der Waals surface area (Å²) in [4.78, 5) is 2.28. The van der Waals surface area contributed by atoms with Gasteiger partial charge in [0.1, 0.15) is 0 Å². The number of piperidine rings is 1. The molecule has 0 aliphatic carbocycles. The third-order valence-electron chi connectivity index (χ3n) is 3.46. The molecule has 1 rings (SSSR count). The summed E-state index contributed by atoms with van der Waals surface area (Å²) in [5, 5.41) is 11.7. The second-order valence-electron chi connectivity index (χ2n) is 4.44. The molecule has 82 valence electrons. The third-order valence-corrected chi connectivity index (χ3v) is 3.46. The molecule has 1 heterocycles. The molecule has 0 aromatic heterocycles. The second-order valence-corrected chi connectivity index (χ2v) is 4.44. The first-order valence-electron chi connectivity index (χ1n) is 5.27. The fourth-order valence-electron chi connectivity index (χ4n) is 1.92. The molecule has 4 nitrogen and oxygen atoms in total. The number of amidine groups is 1. The summed E-state index contributed by atoms with van der Waals surface area (Å²) >= 11 is 0. The molecule has 3 N–H and O–H groups in total. The summed E-state index contributed by atoms with van der Waals surface area (Å²) in [7, 11) is 0. The van der Waals surface area contributed by atoms with Gasteiger partial charge in [-0.1, -0.05) is 19.0 Å². The molecule has 0 radical (unpaired) electrons. The molecule has 0 saturated carbocycles. The lowest BCUT2D eigenvalue weighted by Crippen LogP contribution is -2.48. The first-order valence-corrected chi connectivity index (χ1v) is 5.27. The van der Waals surface area contributed by atoms with Crippen molar-refractivity contribution in [1.82, 2.24) is 4.90 Å². The molecule has 0 spiro atoms. The Hall–Kier alpha value is -0.770. The van der Waals surface area contributed by atoms with E-state index in [9.17, 15) is 0 Å². The van der Waals surface area contributed by atoms with Crippen molar-refractivity contribution in [2.45, 2.75) is 33.2 Å². The van der Waals surface area contributed by atoms with Crippen LogP contribution < -0.4 is 5.73 Å². The lowest BCUT2D eigenvalue weighted by atomic mass is 9.88. The van der Waals surface area contributed by atoms with Crippen molar-refractivity contribution in [3.8, 4) is 0 Å². The second kappa shape index (κ2) is 4.64. The summed E-state index contributed by atoms with van der Waals surface area (Å²) < 4.78 is 0. The highest BCUT2D eigenvalue weighted by molar-refractivity contribution is 5.84. The van der Waals surface area contributed by atoms with Gasteiger partial charge in [0.15, 0.2) is 5.84 Å². The van der Waals surface area contributed by atoms with Crippen LogP contribution in [0.15, 0.2) is 5.16 Å². The molecular weight excluding hydrogens is 178 g/mol. The Bertz CT molecular complexity index is 217. The zero-order valence-electron chi connectivity index (χ0n) is 9.27. The zero-order valence-corrected chi connectivity index (χ0v) is 9.27. The van der Waals surface area contributed by atoms with Crippen LogP contribution in [0.2, 0.25) is 0 Å². The maximum absolute atomic E-state index is 8.59. The normalized spacial score (nSPS) is 32.9. The van der Waals surface area contributed by atoms with Crippen LogP contribution in [-0.2, 0) is 0 Å². The van der Waals surface area contributed by atoms with Gasteiger partial charge in [-0.15, -0.1) is 0 Å². The van der Waals surface area contributed by atoms with Gasteiger partial charge in [0.25, 0.3) is 0 Å². The molecule has 0 amide bonds. The van der Waals surface area contributed by atoms with E-state index in [-0.39, 0.29) is 6.04 Å². The summed E-state index contributed by atoms with van der Waals surface area (Å²) in [6.07, 6.45) is 1.20. The number of oxime groups is 1. The summed E-state index contributed by atoms with van der Waals surface area (Å²) in [6, 6.07) is 0.0509. The molecule has 0 bridgehead atoms. The van der Waals surface area contributed by atoms with Crippen LogP contribution in [0.25, 0.3) is 0 Å². The maximum atomic E-state index is 8.59. The van der Waals surface area contributed by atoms with Crippen LogP contribution in [0.4, 0.5) is 0 Å². The standard InChI is InChI=1S/C10H21N3O/c1-7-4-5-13(6-8(7)2)9(3)10(11)12-14/h7-9,14H,4-6H2,1-3H3,(H2,11,12). The maximum Gasteiger partial charge on any atom is 0.156 e. The van der Waals surface area contributed by atoms with Crippen LogP contribution in [0.1, 0.15) is 27.2 Å². The molecule has 3 unspecified atom stereocenters. The van der Waals surface area contributed by atoms with Gasteiger partial charge in [-0.05, 0) is 31.7 Å². The highest BCUT2D eigenvalue weighted by Gasteiger charge is 2.27. The average Bonchev–Trinajstić information content (AvgIpc) is 2.20. The first-order chi connectivity index (χ1) is 6.56. The molecule has 0 aromatic rings. The Morgan fingerprint density at radius 1 is 1.50 bits per heavy atom. The van der Waals surface area contributed by atoms with Crippen molar-refractivity contribution in [1.29, 1.82) is 0 Å².